The minimum atomic E-state index is 0.126. The first-order chi connectivity index (χ1) is 10.3. The van der Waals surface area contributed by atoms with E-state index in [-0.39, 0.29) is 5.60 Å². The van der Waals surface area contributed by atoms with Gasteiger partial charge in [-0.3, -0.25) is 0 Å². The van der Waals surface area contributed by atoms with Crippen LogP contribution in [-0.4, -0.2) is 33.5 Å². The fourth-order valence-corrected chi connectivity index (χ4v) is 3.84. The van der Waals surface area contributed by atoms with E-state index >= 15 is 0 Å². The number of nitrogens with one attached hydrogen (secondary N) is 1. The van der Waals surface area contributed by atoms with Crippen molar-refractivity contribution in [3.63, 3.8) is 0 Å². The summed E-state index contributed by atoms with van der Waals surface area (Å²) in [4.78, 5) is 4.45. The van der Waals surface area contributed by atoms with Crippen LogP contribution in [0.5, 0.6) is 0 Å². The Kier molecular flexibility index (Phi) is 4.91. The molecule has 3 rings (SSSR count). The molecule has 1 aromatic heterocycles. The Bertz CT molecular complexity index is 434. The van der Waals surface area contributed by atoms with Crippen LogP contribution < -0.4 is 5.32 Å². The second-order valence-electron chi connectivity index (χ2n) is 6.54. The zero-order valence-corrected chi connectivity index (χ0v) is 13.2. The van der Waals surface area contributed by atoms with Crippen molar-refractivity contribution in [2.45, 2.75) is 76.5 Å². The van der Waals surface area contributed by atoms with Crippen molar-refractivity contribution in [1.82, 2.24) is 20.1 Å². The topological polar surface area (TPSA) is 52.0 Å². The van der Waals surface area contributed by atoms with Crippen molar-refractivity contribution >= 4 is 0 Å². The molecule has 5 nitrogen and oxygen atoms in total. The zero-order valence-electron chi connectivity index (χ0n) is 13.2. The highest BCUT2D eigenvalue weighted by Gasteiger charge is 2.39. The standard InChI is InChI=1S/C16H28N4O/c1-2-9-17-12-15-18-13-19-20(15)14-6-10-21-16(11-14)7-4-3-5-8-16/h13-14,17H,2-12H2,1H3. The molecule has 1 aliphatic carbocycles. The molecule has 5 heteroatoms. The van der Waals surface area contributed by atoms with E-state index in [0.29, 0.717) is 6.04 Å². The molecule has 2 heterocycles. The molecule has 21 heavy (non-hydrogen) atoms. The summed E-state index contributed by atoms with van der Waals surface area (Å²) in [5, 5.41) is 7.94. The Morgan fingerprint density at radius 3 is 3.05 bits per heavy atom. The summed E-state index contributed by atoms with van der Waals surface area (Å²) in [6.45, 7) is 4.90. The number of ether oxygens (including phenoxy) is 1. The van der Waals surface area contributed by atoms with Gasteiger partial charge in [0.15, 0.2) is 0 Å². The first-order valence-corrected chi connectivity index (χ1v) is 8.56. The Labute approximate surface area is 127 Å². The molecular weight excluding hydrogens is 264 g/mol. The van der Waals surface area contributed by atoms with Crippen LogP contribution in [0.1, 0.15) is 70.2 Å². The first-order valence-electron chi connectivity index (χ1n) is 8.56. The maximum Gasteiger partial charge on any atom is 0.141 e. The molecule has 1 saturated carbocycles. The van der Waals surface area contributed by atoms with Crippen molar-refractivity contribution in [3.8, 4) is 0 Å². The van der Waals surface area contributed by atoms with Crippen LogP contribution in [0.3, 0.4) is 0 Å². The lowest BCUT2D eigenvalue weighted by molar-refractivity contribution is -0.116. The second kappa shape index (κ2) is 6.88. The van der Waals surface area contributed by atoms with E-state index in [1.165, 1.54) is 32.1 Å². The molecule has 2 aliphatic rings. The highest BCUT2D eigenvalue weighted by atomic mass is 16.5. The van der Waals surface area contributed by atoms with Gasteiger partial charge in [-0.15, -0.1) is 0 Å². The SMILES string of the molecule is CCCNCc1ncnn1C1CCOC2(CCCCC2)C1. The minimum Gasteiger partial charge on any atom is -0.375 e. The summed E-state index contributed by atoms with van der Waals surface area (Å²) >= 11 is 0. The van der Waals surface area contributed by atoms with Crippen LogP contribution in [0, 0.1) is 0 Å². The predicted molar refractivity (Wildman–Crippen MR) is 82.1 cm³/mol. The summed E-state index contributed by atoms with van der Waals surface area (Å²) in [7, 11) is 0. The lowest BCUT2D eigenvalue weighted by Crippen LogP contribution is -2.42. The van der Waals surface area contributed by atoms with Crippen LogP contribution in [-0.2, 0) is 11.3 Å². The summed E-state index contributed by atoms with van der Waals surface area (Å²) in [5.41, 5.74) is 0.126. The van der Waals surface area contributed by atoms with Crippen LogP contribution in [0.2, 0.25) is 0 Å². The van der Waals surface area contributed by atoms with Gasteiger partial charge in [0.25, 0.3) is 0 Å². The average Bonchev–Trinajstić information content (AvgIpc) is 2.97. The van der Waals surface area contributed by atoms with Gasteiger partial charge in [-0.05, 0) is 38.6 Å². The minimum absolute atomic E-state index is 0.126. The Balaban J connectivity index is 1.67. The molecule has 1 aromatic rings. The number of rotatable bonds is 5. The van der Waals surface area contributed by atoms with Crippen molar-refractivity contribution in [2.75, 3.05) is 13.2 Å². The molecule has 0 amide bonds. The average molecular weight is 292 g/mol. The maximum absolute atomic E-state index is 6.20. The Morgan fingerprint density at radius 1 is 1.38 bits per heavy atom. The van der Waals surface area contributed by atoms with Gasteiger partial charge < -0.3 is 10.1 Å². The lowest BCUT2D eigenvalue weighted by Gasteiger charge is -2.43. The lowest BCUT2D eigenvalue weighted by atomic mass is 9.78. The highest BCUT2D eigenvalue weighted by Crippen LogP contribution is 2.42. The largest absolute Gasteiger partial charge is 0.375 e. The predicted octanol–water partition coefficient (Wildman–Crippen LogP) is 2.83. The number of hydrogen-bond acceptors (Lipinski definition) is 4. The molecule has 1 N–H and O–H groups in total. The van der Waals surface area contributed by atoms with E-state index in [1.807, 2.05) is 0 Å². The van der Waals surface area contributed by atoms with Crippen LogP contribution >= 0.6 is 0 Å². The van der Waals surface area contributed by atoms with Crippen LogP contribution in [0.4, 0.5) is 0 Å². The highest BCUT2D eigenvalue weighted by molar-refractivity contribution is 4.95. The number of hydrogen-bond donors (Lipinski definition) is 1. The molecule has 1 atom stereocenters. The zero-order chi connectivity index (χ0) is 14.5. The maximum atomic E-state index is 6.20. The summed E-state index contributed by atoms with van der Waals surface area (Å²) < 4.78 is 8.35. The third kappa shape index (κ3) is 3.46. The molecule has 0 aromatic carbocycles. The van der Waals surface area contributed by atoms with Gasteiger partial charge in [0.1, 0.15) is 12.2 Å². The summed E-state index contributed by atoms with van der Waals surface area (Å²) in [6.07, 6.45) is 11.5. The third-order valence-electron chi connectivity index (χ3n) is 4.93. The summed E-state index contributed by atoms with van der Waals surface area (Å²) in [6, 6.07) is 0.456. The van der Waals surface area contributed by atoms with Crippen molar-refractivity contribution in [3.05, 3.63) is 12.2 Å². The van der Waals surface area contributed by atoms with E-state index in [9.17, 15) is 0 Å². The van der Waals surface area contributed by atoms with Gasteiger partial charge in [-0.1, -0.05) is 26.2 Å². The van der Waals surface area contributed by atoms with Gasteiger partial charge in [-0.25, -0.2) is 9.67 Å². The normalized spacial score (nSPS) is 25.3. The molecule has 2 fully saturated rings. The second-order valence-corrected chi connectivity index (χ2v) is 6.54. The van der Waals surface area contributed by atoms with E-state index in [4.69, 9.17) is 4.74 Å². The van der Waals surface area contributed by atoms with Gasteiger partial charge in [0.2, 0.25) is 0 Å². The van der Waals surface area contributed by atoms with Crippen LogP contribution in [0.15, 0.2) is 6.33 Å². The smallest absolute Gasteiger partial charge is 0.141 e. The van der Waals surface area contributed by atoms with E-state index < -0.39 is 0 Å². The Hall–Kier alpha value is -0.940. The molecule has 1 unspecified atom stereocenters. The molecule has 1 aliphatic heterocycles. The summed E-state index contributed by atoms with van der Waals surface area (Å²) in [5.74, 6) is 1.07. The van der Waals surface area contributed by atoms with Gasteiger partial charge in [-0.2, -0.15) is 5.10 Å². The fraction of sp³-hybridized carbons (Fsp3) is 0.875. The molecule has 118 valence electrons. The van der Waals surface area contributed by atoms with Crippen LogP contribution in [0.25, 0.3) is 0 Å². The van der Waals surface area contributed by atoms with Crippen molar-refractivity contribution < 1.29 is 4.74 Å². The monoisotopic (exact) mass is 292 g/mol. The molecular formula is C16H28N4O. The molecule has 0 bridgehead atoms. The molecule has 1 spiro atoms. The Morgan fingerprint density at radius 2 is 2.24 bits per heavy atom. The number of nitrogens with zero attached hydrogens (tertiary/aromatic N) is 3. The number of aromatic nitrogens is 3. The van der Waals surface area contributed by atoms with E-state index in [2.05, 4.69) is 27.0 Å². The molecule has 0 radical (unpaired) electrons. The third-order valence-corrected chi connectivity index (χ3v) is 4.93. The van der Waals surface area contributed by atoms with Gasteiger partial charge >= 0.3 is 0 Å². The van der Waals surface area contributed by atoms with Gasteiger partial charge in [0.05, 0.1) is 18.2 Å². The molecule has 1 saturated heterocycles. The van der Waals surface area contributed by atoms with Crippen molar-refractivity contribution in [2.24, 2.45) is 0 Å². The van der Waals surface area contributed by atoms with Gasteiger partial charge in [0, 0.05) is 6.61 Å². The van der Waals surface area contributed by atoms with Crippen molar-refractivity contribution in [1.29, 1.82) is 0 Å². The quantitative estimate of drug-likeness (QED) is 0.848. The van der Waals surface area contributed by atoms with E-state index in [0.717, 1.165) is 44.8 Å². The van der Waals surface area contributed by atoms with E-state index in [1.54, 1.807) is 6.33 Å². The fourth-order valence-electron chi connectivity index (χ4n) is 3.84. The first kappa shape index (κ1) is 15.0.